The van der Waals surface area contributed by atoms with E-state index in [0.29, 0.717) is 30.2 Å². The van der Waals surface area contributed by atoms with Crippen LogP contribution in [-0.2, 0) is 17.8 Å². The first kappa shape index (κ1) is 23.6. The molecule has 0 atom stereocenters. The minimum Gasteiger partial charge on any atom is -0.493 e. The van der Waals surface area contributed by atoms with Crippen LogP contribution in [0.2, 0.25) is 0 Å². The third kappa shape index (κ3) is 6.00. The van der Waals surface area contributed by atoms with Crippen LogP contribution >= 0.6 is 0 Å². The first-order valence-electron chi connectivity index (χ1n) is 10.4. The highest BCUT2D eigenvalue weighted by molar-refractivity contribution is 5.97. The molecule has 0 saturated heterocycles. The molecular weight excluding hydrogens is 424 g/mol. The van der Waals surface area contributed by atoms with Gasteiger partial charge in [0.1, 0.15) is 6.54 Å². The van der Waals surface area contributed by atoms with Gasteiger partial charge in [0.25, 0.3) is 5.91 Å². The van der Waals surface area contributed by atoms with Crippen LogP contribution in [-0.4, -0.2) is 47.6 Å². The molecule has 0 unspecified atom stereocenters. The van der Waals surface area contributed by atoms with Crippen molar-refractivity contribution >= 4 is 23.3 Å². The molecule has 10 heteroatoms. The Hall–Kier alpha value is -4.08. The van der Waals surface area contributed by atoms with Gasteiger partial charge in [-0.05, 0) is 61.2 Å². The van der Waals surface area contributed by atoms with E-state index in [9.17, 15) is 9.59 Å². The summed E-state index contributed by atoms with van der Waals surface area (Å²) in [4.78, 5) is 24.9. The number of benzene rings is 2. The van der Waals surface area contributed by atoms with Crippen LogP contribution in [0, 0.1) is 13.8 Å². The Balaban J connectivity index is 1.56. The van der Waals surface area contributed by atoms with E-state index in [2.05, 4.69) is 20.9 Å². The van der Waals surface area contributed by atoms with Gasteiger partial charge in [-0.25, -0.2) is 4.68 Å². The zero-order valence-corrected chi connectivity index (χ0v) is 19.1. The van der Waals surface area contributed by atoms with E-state index >= 15 is 0 Å². The van der Waals surface area contributed by atoms with Crippen molar-refractivity contribution in [2.45, 2.75) is 26.8 Å². The van der Waals surface area contributed by atoms with Gasteiger partial charge in [0.05, 0.1) is 14.2 Å². The molecule has 0 aliphatic heterocycles. The van der Waals surface area contributed by atoms with Gasteiger partial charge in [0.15, 0.2) is 23.0 Å². The third-order valence-electron chi connectivity index (χ3n) is 4.93. The van der Waals surface area contributed by atoms with Crippen LogP contribution in [0.5, 0.6) is 11.5 Å². The van der Waals surface area contributed by atoms with Gasteiger partial charge in [-0.1, -0.05) is 17.3 Å². The number of rotatable bonds is 9. The Labute approximate surface area is 192 Å². The maximum absolute atomic E-state index is 12.5. The minimum atomic E-state index is -0.464. The normalized spacial score (nSPS) is 10.5. The van der Waals surface area contributed by atoms with Gasteiger partial charge in [-0.2, -0.15) is 0 Å². The fourth-order valence-corrected chi connectivity index (χ4v) is 3.42. The first-order chi connectivity index (χ1) is 15.8. The van der Waals surface area contributed by atoms with Crippen molar-refractivity contribution in [3.8, 4) is 11.5 Å². The van der Waals surface area contributed by atoms with Gasteiger partial charge in [0.2, 0.25) is 5.91 Å². The number of aromatic nitrogens is 3. The van der Waals surface area contributed by atoms with Gasteiger partial charge in [-0.15, -0.1) is 5.10 Å². The summed E-state index contributed by atoms with van der Waals surface area (Å²) in [6, 6.07) is 11.3. The number of carbonyl (C=O) groups is 2. The van der Waals surface area contributed by atoms with Crippen molar-refractivity contribution in [1.82, 2.24) is 20.3 Å². The van der Waals surface area contributed by atoms with E-state index in [1.54, 1.807) is 14.2 Å². The molecule has 10 nitrogen and oxygen atoms in total. The fraction of sp³-hybridized carbons (Fsp3) is 0.304. The molecule has 1 heterocycles. The lowest BCUT2D eigenvalue weighted by Crippen LogP contribution is -2.27. The lowest BCUT2D eigenvalue weighted by molar-refractivity contribution is -0.116. The van der Waals surface area contributed by atoms with Crippen LogP contribution in [0.3, 0.4) is 0 Å². The molecule has 0 aliphatic carbocycles. The van der Waals surface area contributed by atoms with Crippen molar-refractivity contribution < 1.29 is 19.1 Å². The predicted octanol–water partition coefficient (Wildman–Crippen LogP) is 2.11. The van der Waals surface area contributed by atoms with Crippen molar-refractivity contribution in [3.63, 3.8) is 0 Å². The number of nitrogens with one attached hydrogen (secondary N) is 2. The maximum Gasteiger partial charge on any atom is 0.275 e. The summed E-state index contributed by atoms with van der Waals surface area (Å²) < 4.78 is 11.7. The number of methoxy groups -OCH3 is 2. The first-order valence-corrected chi connectivity index (χ1v) is 10.4. The highest BCUT2D eigenvalue weighted by Crippen LogP contribution is 2.27. The number of hydrogen-bond donors (Lipinski definition) is 3. The quantitative estimate of drug-likeness (QED) is 0.453. The number of ether oxygens (including phenoxy) is 2. The van der Waals surface area contributed by atoms with Crippen LogP contribution < -0.4 is 25.8 Å². The second-order valence-corrected chi connectivity index (χ2v) is 7.60. The monoisotopic (exact) mass is 452 g/mol. The molecule has 33 heavy (non-hydrogen) atoms. The number of carbonyl (C=O) groups excluding carboxylic acids is 2. The van der Waals surface area contributed by atoms with E-state index in [0.717, 1.165) is 16.7 Å². The Kier molecular flexibility index (Phi) is 7.50. The summed E-state index contributed by atoms with van der Waals surface area (Å²) in [5.41, 5.74) is 9.72. The summed E-state index contributed by atoms with van der Waals surface area (Å²) in [5.74, 6) is 0.490. The van der Waals surface area contributed by atoms with Crippen molar-refractivity contribution in [2.75, 3.05) is 31.8 Å². The highest BCUT2D eigenvalue weighted by atomic mass is 16.5. The molecule has 3 aromatic rings. The van der Waals surface area contributed by atoms with Crippen LogP contribution in [0.4, 0.5) is 11.5 Å². The number of hydrogen-bond acceptors (Lipinski definition) is 7. The molecule has 0 fully saturated rings. The van der Waals surface area contributed by atoms with Crippen molar-refractivity contribution in [2.24, 2.45) is 0 Å². The predicted molar refractivity (Wildman–Crippen MR) is 125 cm³/mol. The topological polar surface area (TPSA) is 133 Å². The molecule has 2 amide bonds. The molecule has 174 valence electrons. The zero-order chi connectivity index (χ0) is 24.0. The maximum atomic E-state index is 12.5. The SMILES string of the molecule is COc1ccc(CCNC(=O)c2nnn(CC(=O)Nc3cc(C)cc(C)c3)c2N)cc1OC. The molecule has 1 aromatic heterocycles. The fourth-order valence-electron chi connectivity index (χ4n) is 3.42. The lowest BCUT2D eigenvalue weighted by Gasteiger charge is -2.10. The van der Waals surface area contributed by atoms with Crippen LogP contribution in [0.15, 0.2) is 36.4 Å². The number of anilines is 2. The Morgan fingerprint density at radius 3 is 2.39 bits per heavy atom. The van der Waals surface area contributed by atoms with Gasteiger partial charge < -0.3 is 25.8 Å². The average Bonchev–Trinajstić information content (AvgIpc) is 3.12. The number of nitrogens with zero attached hydrogens (tertiary/aromatic N) is 3. The molecule has 0 bridgehead atoms. The molecule has 3 rings (SSSR count). The molecule has 0 saturated carbocycles. The molecule has 0 aliphatic rings. The second-order valence-electron chi connectivity index (χ2n) is 7.60. The Morgan fingerprint density at radius 2 is 1.73 bits per heavy atom. The summed E-state index contributed by atoms with van der Waals surface area (Å²) in [6.45, 7) is 4.10. The van der Waals surface area contributed by atoms with E-state index in [4.69, 9.17) is 15.2 Å². The smallest absolute Gasteiger partial charge is 0.275 e. The van der Waals surface area contributed by atoms with Crippen LogP contribution in [0.25, 0.3) is 0 Å². The molecule has 2 aromatic carbocycles. The van der Waals surface area contributed by atoms with E-state index < -0.39 is 5.91 Å². The minimum absolute atomic E-state index is 0.0224. The van der Waals surface area contributed by atoms with Crippen molar-refractivity contribution in [1.29, 1.82) is 0 Å². The van der Waals surface area contributed by atoms with Gasteiger partial charge in [0, 0.05) is 12.2 Å². The molecule has 0 spiro atoms. The summed E-state index contributed by atoms with van der Waals surface area (Å²) in [6.07, 6.45) is 0.568. The van der Waals surface area contributed by atoms with Gasteiger partial charge in [-0.3, -0.25) is 9.59 Å². The Morgan fingerprint density at radius 1 is 1.03 bits per heavy atom. The molecular formula is C23H28N6O4. The van der Waals surface area contributed by atoms with E-state index in [1.165, 1.54) is 4.68 Å². The van der Waals surface area contributed by atoms with Gasteiger partial charge >= 0.3 is 0 Å². The van der Waals surface area contributed by atoms with E-state index in [-0.39, 0.29) is 24.0 Å². The summed E-state index contributed by atoms with van der Waals surface area (Å²) >= 11 is 0. The number of amides is 2. The zero-order valence-electron chi connectivity index (χ0n) is 19.1. The van der Waals surface area contributed by atoms with E-state index in [1.807, 2.05) is 50.2 Å². The average molecular weight is 453 g/mol. The van der Waals surface area contributed by atoms with Crippen LogP contribution in [0.1, 0.15) is 27.2 Å². The molecule has 0 radical (unpaired) electrons. The Bertz CT molecular complexity index is 1140. The van der Waals surface area contributed by atoms with Crippen molar-refractivity contribution in [3.05, 3.63) is 58.8 Å². The number of aryl methyl sites for hydroxylation is 2. The number of nitrogens with two attached hydrogens (primary N) is 1. The second kappa shape index (κ2) is 10.5. The lowest BCUT2D eigenvalue weighted by atomic mass is 10.1. The molecule has 4 N–H and O–H groups in total. The summed E-state index contributed by atoms with van der Waals surface area (Å²) in [7, 11) is 3.14. The standard InChI is InChI=1S/C23H28N6O4/c1-14-9-15(2)11-17(10-14)26-20(30)13-29-22(24)21(27-28-29)23(31)25-8-7-16-5-6-18(32-3)19(12-16)33-4/h5-6,9-12H,7-8,13,24H2,1-4H3,(H,25,31)(H,26,30). The number of nitrogen functional groups attached to an aromatic ring is 1. The highest BCUT2D eigenvalue weighted by Gasteiger charge is 2.19. The summed E-state index contributed by atoms with van der Waals surface area (Å²) in [5, 5.41) is 13.3. The largest absolute Gasteiger partial charge is 0.493 e. The third-order valence-corrected chi connectivity index (χ3v) is 4.93.